The number of likely N-dealkylation sites (tertiary alicyclic amines) is 1. The lowest BCUT2D eigenvalue weighted by atomic mass is 9.92. The van der Waals surface area contributed by atoms with Crippen molar-refractivity contribution >= 4 is 30.5 Å². The predicted octanol–water partition coefficient (Wildman–Crippen LogP) is 4.43. The van der Waals surface area contributed by atoms with Gasteiger partial charge in [-0.2, -0.15) is 0 Å². The normalized spacial score (nSPS) is 22.2. The molecule has 0 aliphatic carbocycles. The van der Waals surface area contributed by atoms with Gasteiger partial charge < -0.3 is 9.80 Å². The Morgan fingerprint density at radius 1 is 1.16 bits per heavy atom. The van der Waals surface area contributed by atoms with Crippen LogP contribution in [0.5, 0.6) is 0 Å². The number of hydrogen-bond donors (Lipinski definition) is 0. The fraction of sp³-hybridized carbons (Fsp3) is 0.450. The van der Waals surface area contributed by atoms with Crippen molar-refractivity contribution in [1.29, 1.82) is 0 Å². The average Bonchev–Trinajstić information content (AvgIpc) is 2.70. The number of rotatable bonds is 2. The van der Waals surface area contributed by atoms with E-state index in [9.17, 15) is 0 Å². The van der Waals surface area contributed by atoms with Crippen molar-refractivity contribution < 1.29 is 0 Å². The Hall–Kier alpha value is -1.29. The number of hydrogen-bond acceptors (Lipinski definition) is 3. The summed E-state index contributed by atoms with van der Waals surface area (Å²) in [5, 5.41) is 0. The average molecular weight is 380 g/mol. The van der Waals surface area contributed by atoms with E-state index in [1.807, 2.05) is 12.3 Å². The molecule has 3 heterocycles. The van der Waals surface area contributed by atoms with Gasteiger partial charge in [-0.05, 0) is 57.1 Å². The number of anilines is 1. The van der Waals surface area contributed by atoms with Gasteiger partial charge in [0.1, 0.15) is 0 Å². The fourth-order valence-electron chi connectivity index (χ4n) is 4.28. The van der Waals surface area contributed by atoms with Crippen LogP contribution in [0, 0.1) is 6.92 Å². The van der Waals surface area contributed by atoms with E-state index in [0.29, 0.717) is 12.0 Å². The van der Waals surface area contributed by atoms with E-state index in [4.69, 9.17) is 0 Å². The summed E-state index contributed by atoms with van der Waals surface area (Å²) in [7, 11) is 2.26. The van der Waals surface area contributed by atoms with Gasteiger partial charge >= 0.3 is 0 Å². The van der Waals surface area contributed by atoms with Crippen LogP contribution in [0.1, 0.15) is 35.6 Å². The van der Waals surface area contributed by atoms with E-state index in [-0.39, 0.29) is 24.8 Å². The number of fused-ring (bicyclic) bond motifs is 3. The van der Waals surface area contributed by atoms with Crippen molar-refractivity contribution in [2.45, 2.75) is 38.3 Å². The first-order valence-corrected chi connectivity index (χ1v) is 8.68. The summed E-state index contributed by atoms with van der Waals surface area (Å²) in [6, 6.07) is 13.8. The molecular formula is C20H27Cl2N3. The topological polar surface area (TPSA) is 19.4 Å². The summed E-state index contributed by atoms with van der Waals surface area (Å²) >= 11 is 0. The summed E-state index contributed by atoms with van der Waals surface area (Å²) in [5.74, 6) is 0.626. The largest absolute Gasteiger partial charge is 0.362 e. The van der Waals surface area contributed by atoms with Crippen LogP contribution >= 0.6 is 24.8 Å². The molecule has 2 aromatic rings. The first-order chi connectivity index (χ1) is 11.2. The lowest BCUT2D eigenvalue weighted by molar-refractivity contribution is 0.330. The van der Waals surface area contributed by atoms with Gasteiger partial charge in [-0.3, -0.25) is 4.98 Å². The molecule has 4 rings (SSSR count). The van der Waals surface area contributed by atoms with Crippen molar-refractivity contribution in [3.8, 4) is 0 Å². The molecule has 25 heavy (non-hydrogen) atoms. The third kappa shape index (κ3) is 3.94. The van der Waals surface area contributed by atoms with Crippen LogP contribution < -0.4 is 4.90 Å². The van der Waals surface area contributed by atoms with Crippen LogP contribution in [0.3, 0.4) is 0 Å². The number of likely N-dealkylation sites (N-methyl/N-ethyl adjacent to an activating group) is 1. The van der Waals surface area contributed by atoms with Crippen molar-refractivity contribution in [3.05, 3.63) is 59.4 Å². The molecule has 5 heteroatoms. The molecule has 136 valence electrons. The highest BCUT2D eigenvalue weighted by Crippen LogP contribution is 2.45. The maximum Gasteiger partial charge on any atom is 0.0605 e. The smallest absolute Gasteiger partial charge is 0.0605 e. The Labute approximate surface area is 163 Å². The number of pyridine rings is 1. The summed E-state index contributed by atoms with van der Waals surface area (Å²) < 4.78 is 0. The van der Waals surface area contributed by atoms with E-state index >= 15 is 0 Å². The lowest BCUT2D eigenvalue weighted by Gasteiger charge is -2.29. The van der Waals surface area contributed by atoms with Gasteiger partial charge in [0.05, 0.1) is 12.2 Å². The van der Waals surface area contributed by atoms with Crippen molar-refractivity contribution in [2.75, 3.05) is 25.0 Å². The fourth-order valence-corrected chi connectivity index (χ4v) is 4.28. The van der Waals surface area contributed by atoms with E-state index in [1.165, 1.54) is 37.2 Å². The molecule has 2 unspecified atom stereocenters. The van der Waals surface area contributed by atoms with Crippen LogP contribution in [-0.4, -0.2) is 36.1 Å². The standard InChI is InChI=1S/C20H25N3.2ClH/c1-15-8-9-20-17(12-15)18-14-22(2)11-5-7-19(18)23(20)13-16-6-3-4-10-21-16;;/h3-4,6,8-10,12,18-19H,5,7,11,13-14H2,1-2H3;2*1H. The van der Waals surface area contributed by atoms with E-state index < -0.39 is 0 Å². The minimum absolute atomic E-state index is 0. The second-order valence-corrected chi connectivity index (χ2v) is 7.09. The Kier molecular flexibility index (Phi) is 6.72. The Morgan fingerprint density at radius 2 is 2.00 bits per heavy atom. The lowest BCUT2D eigenvalue weighted by Crippen LogP contribution is -2.35. The summed E-state index contributed by atoms with van der Waals surface area (Å²) in [6.45, 7) is 5.50. The summed E-state index contributed by atoms with van der Waals surface area (Å²) in [5.41, 5.74) is 5.50. The minimum atomic E-state index is 0. The van der Waals surface area contributed by atoms with Gasteiger partial charge in [0.15, 0.2) is 0 Å². The molecular weight excluding hydrogens is 353 g/mol. The first-order valence-electron chi connectivity index (χ1n) is 8.68. The van der Waals surface area contributed by atoms with Gasteiger partial charge in [0.2, 0.25) is 0 Å². The van der Waals surface area contributed by atoms with Gasteiger partial charge in [0.25, 0.3) is 0 Å². The highest BCUT2D eigenvalue weighted by atomic mass is 35.5. The van der Waals surface area contributed by atoms with Gasteiger partial charge in [-0.1, -0.05) is 23.8 Å². The Balaban J connectivity index is 0.00000113. The molecule has 0 saturated carbocycles. The van der Waals surface area contributed by atoms with E-state index in [1.54, 1.807) is 5.56 Å². The third-order valence-corrected chi connectivity index (χ3v) is 5.36. The molecule has 2 aliphatic rings. The number of halogens is 2. The molecule has 1 fully saturated rings. The quantitative estimate of drug-likeness (QED) is 0.768. The molecule has 2 aliphatic heterocycles. The summed E-state index contributed by atoms with van der Waals surface area (Å²) in [6.07, 6.45) is 4.46. The zero-order valence-corrected chi connectivity index (χ0v) is 16.5. The number of nitrogens with zero attached hydrogens (tertiary/aromatic N) is 3. The van der Waals surface area contributed by atoms with Crippen molar-refractivity contribution in [2.24, 2.45) is 0 Å². The number of aromatic nitrogens is 1. The van der Waals surface area contributed by atoms with Crippen molar-refractivity contribution in [3.63, 3.8) is 0 Å². The Morgan fingerprint density at radius 3 is 2.76 bits per heavy atom. The van der Waals surface area contributed by atoms with Crippen LogP contribution in [0.25, 0.3) is 0 Å². The highest BCUT2D eigenvalue weighted by molar-refractivity contribution is 5.85. The molecule has 3 nitrogen and oxygen atoms in total. The van der Waals surface area contributed by atoms with Crippen molar-refractivity contribution in [1.82, 2.24) is 9.88 Å². The second-order valence-electron chi connectivity index (χ2n) is 7.09. The molecule has 0 bridgehead atoms. The zero-order valence-electron chi connectivity index (χ0n) is 14.9. The molecule has 2 atom stereocenters. The molecule has 1 aromatic heterocycles. The van der Waals surface area contributed by atoms with E-state index in [0.717, 1.165) is 12.2 Å². The third-order valence-electron chi connectivity index (χ3n) is 5.36. The molecule has 1 aromatic carbocycles. The number of aryl methyl sites for hydroxylation is 1. The second kappa shape index (κ2) is 8.39. The minimum Gasteiger partial charge on any atom is -0.362 e. The van der Waals surface area contributed by atoms with Gasteiger partial charge in [-0.25, -0.2) is 0 Å². The van der Waals surface area contributed by atoms with Gasteiger partial charge in [-0.15, -0.1) is 24.8 Å². The molecule has 1 saturated heterocycles. The maximum absolute atomic E-state index is 4.56. The Bertz CT molecular complexity index is 693. The molecule has 0 N–H and O–H groups in total. The molecule has 0 radical (unpaired) electrons. The zero-order chi connectivity index (χ0) is 15.8. The first kappa shape index (κ1) is 20.0. The monoisotopic (exact) mass is 379 g/mol. The van der Waals surface area contributed by atoms with Crippen LogP contribution in [-0.2, 0) is 6.54 Å². The molecule has 0 amide bonds. The SMILES string of the molecule is Cc1ccc2c(c1)C1CN(C)CCCC1N2Cc1ccccn1.Cl.Cl. The van der Waals surface area contributed by atoms with E-state index in [2.05, 4.69) is 59.1 Å². The van der Waals surface area contributed by atoms with Gasteiger partial charge in [0, 0.05) is 30.4 Å². The number of benzene rings is 1. The van der Waals surface area contributed by atoms with Crippen LogP contribution in [0.4, 0.5) is 5.69 Å². The molecule has 0 spiro atoms. The predicted molar refractivity (Wildman–Crippen MR) is 109 cm³/mol. The highest BCUT2D eigenvalue weighted by Gasteiger charge is 2.39. The summed E-state index contributed by atoms with van der Waals surface area (Å²) in [4.78, 5) is 9.67. The van der Waals surface area contributed by atoms with Crippen LogP contribution in [0.2, 0.25) is 0 Å². The maximum atomic E-state index is 4.56. The van der Waals surface area contributed by atoms with Crippen LogP contribution in [0.15, 0.2) is 42.6 Å².